The molecule has 0 atom stereocenters. The van der Waals surface area contributed by atoms with Crippen molar-refractivity contribution in [1.29, 1.82) is 0 Å². The molecule has 0 N–H and O–H groups in total. The predicted molar refractivity (Wildman–Crippen MR) is 36.9 cm³/mol. The lowest BCUT2D eigenvalue weighted by Crippen LogP contribution is -2.33. The van der Waals surface area contributed by atoms with E-state index < -0.39 is 0 Å². The quantitative estimate of drug-likeness (QED) is 0.468. The van der Waals surface area contributed by atoms with Crippen LogP contribution < -0.4 is 11.1 Å². The molecule has 0 spiro atoms. The van der Waals surface area contributed by atoms with Crippen molar-refractivity contribution in [3.63, 3.8) is 0 Å². The Kier molecular flexibility index (Phi) is 1.45. The van der Waals surface area contributed by atoms with E-state index in [0.717, 1.165) is 0 Å². The van der Waals surface area contributed by atoms with E-state index in [-0.39, 0.29) is 11.1 Å². The summed E-state index contributed by atoms with van der Waals surface area (Å²) in [5, 5.41) is 0. The standard InChI is InChI=1S/C6H8N2O2/c1-7-5(9)3-4-6(10)8(7)2/h3-4H,1-2H3. The van der Waals surface area contributed by atoms with Crippen LogP contribution in [0.1, 0.15) is 0 Å². The lowest BCUT2D eigenvalue weighted by atomic mass is 10.5. The van der Waals surface area contributed by atoms with Crippen molar-refractivity contribution < 1.29 is 0 Å². The second kappa shape index (κ2) is 2.13. The van der Waals surface area contributed by atoms with Crippen LogP contribution in [0.5, 0.6) is 0 Å². The van der Waals surface area contributed by atoms with Gasteiger partial charge in [0, 0.05) is 26.2 Å². The van der Waals surface area contributed by atoms with Gasteiger partial charge in [-0.05, 0) is 0 Å². The van der Waals surface area contributed by atoms with Gasteiger partial charge in [-0.2, -0.15) is 0 Å². The van der Waals surface area contributed by atoms with Crippen LogP contribution in [-0.4, -0.2) is 9.36 Å². The van der Waals surface area contributed by atoms with Gasteiger partial charge >= 0.3 is 0 Å². The molecule has 0 saturated heterocycles. The summed E-state index contributed by atoms with van der Waals surface area (Å²) in [6, 6.07) is 2.50. The van der Waals surface area contributed by atoms with Crippen LogP contribution in [0.25, 0.3) is 0 Å². The van der Waals surface area contributed by atoms with Gasteiger partial charge in [0.25, 0.3) is 11.1 Å². The summed E-state index contributed by atoms with van der Waals surface area (Å²) >= 11 is 0. The van der Waals surface area contributed by atoms with Gasteiger partial charge in [0.05, 0.1) is 0 Å². The fraction of sp³-hybridized carbons (Fsp3) is 0.333. The van der Waals surface area contributed by atoms with E-state index in [2.05, 4.69) is 0 Å². The number of hydrogen-bond acceptors (Lipinski definition) is 2. The van der Waals surface area contributed by atoms with E-state index in [1.807, 2.05) is 0 Å². The predicted octanol–water partition coefficient (Wildman–Crippen LogP) is -0.916. The number of aromatic nitrogens is 2. The van der Waals surface area contributed by atoms with Crippen LogP contribution in [0.15, 0.2) is 21.7 Å². The normalized spacial score (nSPS) is 9.80. The van der Waals surface area contributed by atoms with Gasteiger partial charge in [0.1, 0.15) is 0 Å². The number of nitrogens with zero attached hydrogens (tertiary/aromatic N) is 2. The van der Waals surface area contributed by atoms with E-state index in [1.165, 1.54) is 21.5 Å². The van der Waals surface area contributed by atoms with Crippen molar-refractivity contribution in [2.45, 2.75) is 0 Å². The lowest BCUT2D eigenvalue weighted by molar-refractivity contribution is 0.534. The highest BCUT2D eigenvalue weighted by Gasteiger charge is 1.92. The monoisotopic (exact) mass is 140 g/mol. The lowest BCUT2D eigenvalue weighted by Gasteiger charge is -2.02. The average molecular weight is 140 g/mol. The smallest absolute Gasteiger partial charge is 0.265 e. The van der Waals surface area contributed by atoms with Gasteiger partial charge in [0.15, 0.2) is 0 Å². The first-order chi connectivity index (χ1) is 4.63. The van der Waals surface area contributed by atoms with Crippen molar-refractivity contribution in [3.8, 4) is 0 Å². The molecule has 1 heterocycles. The maximum atomic E-state index is 10.8. The van der Waals surface area contributed by atoms with Crippen molar-refractivity contribution in [2.75, 3.05) is 0 Å². The van der Waals surface area contributed by atoms with Crippen LogP contribution >= 0.6 is 0 Å². The largest absolute Gasteiger partial charge is 0.268 e. The van der Waals surface area contributed by atoms with E-state index >= 15 is 0 Å². The van der Waals surface area contributed by atoms with Crippen molar-refractivity contribution in [1.82, 2.24) is 9.36 Å². The van der Waals surface area contributed by atoms with Gasteiger partial charge in [-0.1, -0.05) is 0 Å². The first-order valence-electron chi connectivity index (χ1n) is 2.86. The maximum absolute atomic E-state index is 10.8. The molecular formula is C6H8N2O2. The maximum Gasteiger partial charge on any atom is 0.265 e. The Labute approximate surface area is 57.3 Å². The second-order valence-corrected chi connectivity index (χ2v) is 2.06. The van der Waals surface area contributed by atoms with Crippen LogP contribution in [0.2, 0.25) is 0 Å². The molecule has 0 amide bonds. The van der Waals surface area contributed by atoms with Gasteiger partial charge in [0.2, 0.25) is 0 Å². The molecule has 0 radical (unpaired) electrons. The third kappa shape index (κ3) is 0.877. The van der Waals surface area contributed by atoms with Crippen molar-refractivity contribution >= 4 is 0 Å². The SMILES string of the molecule is Cn1c(=O)ccc(=O)n1C. The highest BCUT2D eigenvalue weighted by molar-refractivity contribution is 4.86. The molecule has 0 unspecified atom stereocenters. The molecule has 0 aliphatic heterocycles. The Morgan fingerprint density at radius 3 is 1.60 bits per heavy atom. The minimum absolute atomic E-state index is 0.179. The summed E-state index contributed by atoms with van der Waals surface area (Å²) in [5.41, 5.74) is -0.357. The Bertz CT molecular complexity index is 313. The van der Waals surface area contributed by atoms with Crippen LogP contribution in [0.3, 0.4) is 0 Å². The zero-order valence-electron chi connectivity index (χ0n) is 5.87. The molecule has 0 aliphatic carbocycles. The van der Waals surface area contributed by atoms with E-state index in [9.17, 15) is 9.59 Å². The Balaban J connectivity index is 3.65. The van der Waals surface area contributed by atoms with Crippen LogP contribution in [0.4, 0.5) is 0 Å². The summed E-state index contributed by atoms with van der Waals surface area (Å²) in [6.07, 6.45) is 0. The molecule has 0 aliphatic rings. The number of hydrogen-bond donors (Lipinski definition) is 0. The third-order valence-electron chi connectivity index (χ3n) is 1.46. The van der Waals surface area contributed by atoms with Crippen LogP contribution in [-0.2, 0) is 14.1 Å². The Morgan fingerprint density at radius 1 is 1.00 bits per heavy atom. The molecule has 1 rings (SSSR count). The first-order valence-corrected chi connectivity index (χ1v) is 2.86. The molecular weight excluding hydrogens is 132 g/mol. The Hall–Kier alpha value is -1.32. The summed E-state index contributed by atoms with van der Waals surface area (Å²) < 4.78 is 2.50. The highest BCUT2D eigenvalue weighted by Crippen LogP contribution is 1.65. The van der Waals surface area contributed by atoms with Gasteiger partial charge in [-0.15, -0.1) is 0 Å². The molecule has 54 valence electrons. The van der Waals surface area contributed by atoms with Gasteiger partial charge < -0.3 is 0 Å². The molecule has 4 nitrogen and oxygen atoms in total. The van der Waals surface area contributed by atoms with E-state index in [4.69, 9.17) is 0 Å². The summed E-state index contributed by atoms with van der Waals surface area (Å²) in [6.45, 7) is 0. The summed E-state index contributed by atoms with van der Waals surface area (Å²) in [5.74, 6) is 0. The average Bonchev–Trinajstić information content (AvgIpc) is 1.93. The fourth-order valence-corrected chi connectivity index (χ4v) is 0.654. The van der Waals surface area contributed by atoms with E-state index in [1.54, 1.807) is 14.1 Å². The minimum atomic E-state index is -0.179. The zero-order valence-corrected chi connectivity index (χ0v) is 5.87. The van der Waals surface area contributed by atoms with Gasteiger partial charge in [-0.3, -0.25) is 19.0 Å². The molecule has 0 saturated carbocycles. The minimum Gasteiger partial charge on any atom is -0.268 e. The van der Waals surface area contributed by atoms with Crippen molar-refractivity contribution in [3.05, 3.63) is 32.8 Å². The second-order valence-electron chi connectivity index (χ2n) is 2.06. The summed E-state index contributed by atoms with van der Waals surface area (Å²) in [7, 11) is 3.09. The Morgan fingerprint density at radius 2 is 1.30 bits per heavy atom. The highest BCUT2D eigenvalue weighted by atomic mass is 16.2. The zero-order chi connectivity index (χ0) is 7.72. The fourth-order valence-electron chi connectivity index (χ4n) is 0.654. The van der Waals surface area contributed by atoms with Crippen molar-refractivity contribution in [2.24, 2.45) is 14.1 Å². The molecule has 10 heavy (non-hydrogen) atoms. The molecule has 0 bridgehead atoms. The molecule has 0 aromatic carbocycles. The third-order valence-corrected chi connectivity index (χ3v) is 1.46. The van der Waals surface area contributed by atoms with E-state index in [0.29, 0.717) is 0 Å². The molecule has 0 fully saturated rings. The molecule has 1 aromatic rings. The topological polar surface area (TPSA) is 44.0 Å². The van der Waals surface area contributed by atoms with Gasteiger partial charge in [-0.25, -0.2) is 0 Å². The van der Waals surface area contributed by atoms with Crippen LogP contribution in [0, 0.1) is 0 Å². The molecule has 1 aromatic heterocycles. The molecule has 4 heteroatoms. The first kappa shape index (κ1) is 6.80. The number of rotatable bonds is 0. The summed E-state index contributed by atoms with van der Waals surface area (Å²) in [4.78, 5) is 21.6.